The van der Waals surface area contributed by atoms with E-state index in [1.807, 2.05) is 12.1 Å². The molecule has 0 aliphatic rings. The van der Waals surface area contributed by atoms with Crippen LogP contribution in [0.4, 0.5) is 5.82 Å². The molecule has 0 saturated heterocycles. The number of pyridine rings is 1. The molecule has 0 atom stereocenters. The topological polar surface area (TPSA) is 48.1 Å². The zero-order chi connectivity index (χ0) is 9.19. The van der Waals surface area contributed by atoms with Crippen LogP contribution in [0, 0.1) is 0 Å². The van der Waals surface area contributed by atoms with Gasteiger partial charge in [0.25, 0.3) is 0 Å². The maximum atomic E-state index is 5.63. The lowest BCUT2D eigenvalue weighted by molar-refractivity contribution is 0.535. The van der Waals surface area contributed by atoms with Gasteiger partial charge in [0.15, 0.2) is 0 Å². The van der Waals surface area contributed by atoms with Crippen LogP contribution in [0.2, 0.25) is 19.6 Å². The van der Waals surface area contributed by atoms with Gasteiger partial charge in [-0.1, -0.05) is 6.07 Å². The molecule has 66 valence electrons. The van der Waals surface area contributed by atoms with Crippen LogP contribution in [0.1, 0.15) is 0 Å². The van der Waals surface area contributed by atoms with Gasteiger partial charge >= 0.3 is 0 Å². The van der Waals surface area contributed by atoms with Crippen molar-refractivity contribution < 1.29 is 4.43 Å². The minimum absolute atomic E-state index is 0.505. The Morgan fingerprint density at radius 1 is 1.33 bits per heavy atom. The molecule has 1 aromatic heterocycles. The van der Waals surface area contributed by atoms with Crippen LogP contribution in [-0.4, -0.2) is 13.3 Å². The molecule has 0 bridgehead atoms. The smallest absolute Gasteiger partial charge is 0.244 e. The summed E-state index contributed by atoms with van der Waals surface area (Å²) >= 11 is 0. The summed E-state index contributed by atoms with van der Waals surface area (Å²) in [6.45, 7) is 6.33. The van der Waals surface area contributed by atoms with E-state index in [1.165, 1.54) is 0 Å². The predicted octanol–water partition coefficient (Wildman–Crippen LogP) is 1.88. The second kappa shape index (κ2) is 3.14. The summed E-state index contributed by atoms with van der Waals surface area (Å²) in [6.07, 6.45) is 0. The summed E-state index contributed by atoms with van der Waals surface area (Å²) in [6, 6.07) is 5.42. The summed E-state index contributed by atoms with van der Waals surface area (Å²) in [5.74, 6) is 1.14. The Balaban J connectivity index is 2.77. The van der Waals surface area contributed by atoms with Crippen LogP contribution >= 0.6 is 0 Å². The largest absolute Gasteiger partial charge is 0.531 e. The standard InChI is InChI=1S/C8H14N2OSi/c1-12(2,3)11-8-6-4-5-7(9)10-8/h4-6H,1-3H3,(H2,9,10). The number of hydrogen-bond donors (Lipinski definition) is 1. The summed E-state index contributed by atoms with van der Waals surface area (Å²) in [7, 11) is -1.54. The molecule has 0 aliphatic carbocycles. The normalized spacial score (nSPS) is 11.2. The summed E-state index contributed by atoms with van der Waals surface area (Å²) in [4.78, 5) is 4.05. The zero-order valence-electron chi connectivity index (χ0n) is 7.66. The highest BCUT2D eigenvalue weighted by Gasteiger charge is 2.16. The minimum Gasteiger partial charge on any atom is -0.531 e. The van der Waals surface area contributed by atoms with Crippen molar-refractivity contribution in [1.82, 2.24) is 4.98 Å². The Hall–Kier alpha value is -1.03. The molecule has 0 spiro atoms. The average molecular weight is 182 g/mol. The molecule has 0 saturated carbocycles. The van der Waals surface area contributed by atoms with Crippen LogP contribution in [0.5, 0.6) is 5.88 Å². The fourth-order valence-electron chi connectivity index (χ4n) is 0.801. The van der Waals surface area contributed by atoms with Crippen LogP contribution in [0.3, 0.4) is 0 Å². The average Bonchev–Trinajstić information content (AvgIpc) is 1.82. The van der Waals surface area contributed by atoms with Crippen molar-refractivity contribution >= 4 is 14.1 Å². The Morgan fingerprint density at radius 2 is 2.00 bits per heavy atom. The van der Waals surface area contributed by atoms with Gasteiger partial charge < -0.3 is 10.2 Å². The molecule has 1 aromatic rings. The van der Waals surface area contributed by atoms with Gasteiger partial charge in [-0.3, -0.25) is 0 Å². The van der Waals surface area contributed by atoms with Crippen LogP contribution in [-0.2, 0) is 0 Å². The van der Waals surface area contributed by atoms with Crippen LogP contribution < -0.4 is 10.2 Å². The third kappa shape index (κ3) is 2.92. The molecule has 2 N–H and O–H groups in total. The van der Waals surface area contributed by atoms with Gasteiger partial charge in [-0.05, 0) is 31.8 Å². The van der Waals surface area contributed by atoms with E-state index in [2.05, 4.69) is 24.6 Å². The van der Waals surface area contributed by atoms with E-state index in [-0.39, 0.29) is 0 Å². The Kier molecular flexibility index (Phi) is 2.37. The second-order valence-electron chi connectivity index (χ2n) is 3.62. The van der Waals surface area contributed by atoms with Gasteiger partial charge in [0.05, 0.1) is 0 Å². The Morgan fingerprint density at radius 3 is 2.50 bits per heavy atom. The Labute approximate surface area is 73.7 Å². The highest BCUT2D eigenvalue weighted by Crippen LogP contribution is 2.13. The second-order valence-corrected chi connectivity index (χ2v) is 8.04. The highest BCUT2D eigenvalue weighted by molar-refractivity contribution is 6.70. The molecular weight excluding hydrogens is 168 g/mol. The third-order valence-electron chi connectivity index (χ3n) is 1.16. The molecule has 0 fully saturated rings. The van der Waals surface area contributed by atoms with Crippen molar-refractivity contribution in [2.45, 2.75) is 19.6 Å². The highest BCUT2D eigenvalue weighted by atomic mass is 28.4. The van der Waals surface area contributed by atoms with E-state index in [4.69, 9.17) is 10.2 Å². The summed E-state index contributed by atoms with van der Waals surface area (Å²) in [5, 5.41) is 0. The van der Waals surface area contributed by atoms with Gasteiger partial charge in [0.1, 0.15) is 5.82 Å². The summed E-state index contributed by atoms with van der Waals surface area (Å²) in [5.41, 5.74) is 5.50. The predicted molar refractivity (Wildman–Crippen MR) is 52.6 cm³/mol. The van der Waals surface area contributed by atoms with Crippen molar-refractivity contribution in [1.29, 1.82) is 0 Å². The molecule has 0 aliphatic heterocycles. The number of rotatable bonds is 2. The molecular formula is C8H14N2OSi. The number of nitrogen functional groups attached to an aromatic ring is 1. The molecule has 0 unspecified atom stereocenters. The quantitative estimate of drug-likeness (QED) is 0.710. The maximum absolute atomic E-state index is 5.63. The van der Waals surface area contributed by atoms with Gasteiger partial charge in [0, 0.05) is 0 Å². The molecule has 4 heteroatoms. The van der Waals surface area contributed by atoms with Gasteiger partial charge in [-0.2, -0.15) is 4.98 Å². The fraction of sp³-hybridized carbons (Fsp3) is 0.375. The first-order chi connectivity index (χ1) is 5.47. The first-order valence-corrected chi connectivity index (χ1v) is 7.30. The lowest BCUT2D eigenvalue weighted by Gasteiger charge is -2.17. The molecule has 0 aromatic carbocycles. The number of nitrogens with two attached hydrogens (primary N) is 1. The van der Waals surface area contributed by atoms with Crippen molar-refractivity contribution in [2.75, 3.05) is 5.73 Å². The van der Waals surface area contributed by atoms with Crippen molar-refractivity contribution in [3.8, 4) is 5.88 Å². The number of aromatic nitrogens is 1. The minimum atomic E-state index is -1.54. The van der Waals surface area contributed by atoms with Gasteiger partial charge in [0.2, 0.25) is 14.2 Å². The van der Waals surface area contributed by atoms with Gasteiger partial charge in [-0.25, -0.2) is 0 Å². The zero-order valence-corrected chi connectivity index (χ0v) is 8.66. The van der Waals surface area contributed by atoms with Crippen molar-refractivity contribution in [3.05, 3.63) is 18.2 Å². The SMILES string of the molecule is C[Si](C)(C)Oc1cccc(N)n1. The number of anilines is 1. The Bertz CT molecular complexity index is 270. The van der Waals surface area contributed by atoms with E-state index in [9.17, 15) is 0 Å². The first-order valence-electron chi connectivity index (χ1n) is 3.89. The molecule has 1 heterocycles. The van der Waals surface area contributed by atoms with E-state index < -0.39 is 8.32 Å². The van der Waals surface area contributed by atoms with E-state index in [1.54, 1.807) is 6.07 Å². The molecule has 0 amide bonds. The first kappa shape index (κ1) is 9.06. The van der Waals surface area contributed by atoms with Gasteiger partial charge in [-0.15, -0.1) is 0 Å². The molecule has 1 rings (SSSR count). The van der Waals surface area contributed by atoms with E-state index >= 15 is 0 Å². The van der Waals surface area contributed by atoms with E-state index in [0.29, 0.717) is 11.7 Å². The monoisotopic (exact) mass is 182 g/mol. The fourth-order valence-corrected chi connectivity index (χ4v) is 1.54. The van der Waals surface area contributed by atoms with Crippen molar-refractivity contribution in [3.63, 3.8) is 0 Å². The van der Waals surface area contributed by atoms with Crippen LogP contribution in [0.25, 0.3) is 0 Å². The van der Waals surface area contributed by atoms with Crippen molar-refractivity contribution in [2.24, 2.45) is 0 Å². The van der Waals surface area contributed by atoms with E-state index in [0.717, 1.165) is 0 Å². The summed E-state index contributed by atoms with van der Waals surface area (Å²) < 4.78 is 5.63. The lowest BCUT2D eigenvalue weighted by atomic mass is 10.5. The number of nitrogens with zero attached hydrogens (tertiary/aromatic N) is 1. The maximum Gasteiger partial charge on any atom is 0.244 e. The lowest BCUT2D eigenvalue weighted by Crippen LogP contribution is -2.29. The van der Waals surface area contributed by atoms with Crippen LogP contribution in [0.15, 0.2) is 18.2 Å². The number of hydrogen-bond acceptors (Lipinski definition) is 3. The molecule has 0 radical (unpaired) electrons. The molecule has 3 nitrogen and oxygen atoms in total. The third-order valence-corrected chi connectivity index (χ3v) is 1.98. The molecule has 12 heavy (non-hydrogen) atoms.